The summed E-state index contributed by atoms with van der Waals surface area (Å²) in [7, 11) is 0. The summed E-state index contributed by atoms with van der Waals surface area (Å²) >= 11 is 1.53. The Kier molecular flexibility index (Phi) is 6.21. The number of aryl methyl sites for hydroxylation is 1. The van der Waals surface area contributed by atoms with Crippen LogP contribution in [0.2, 0.25) is 0 Å². The van der Waals surface area contributed by atoms with E-state index in [1.807, 2.05) is 55.8 Å². The highest BCUT2D eigenvalue weighted by atomic mass is 32.2. The third-order valence-corrected chi connectivity index (χ3v) is 5.84. The highest BCUT2D eigenvalue weighted by Crippen LogP contribution is 2.41. The molecule has 2 aromatic rings. The Morgan fingerprint density at radius 2 is 2.04 bits per heavy atom. The van der Waals surface area contributed by atoms with Gasteiger partial charge in [0.05, 0.1) is 23.7 Å². The third kappa shape index (κ3) is 4.18. The van der Waals surface area contributed by atoms with Gasteiger partial charge in [-0.05, 0) is 32.4 Å². The van der Waals surface area contributed by atoms with Gasteiger partial charge in [-0.15, -0.1) is 11.8 Å². The fraction of sp³-hybridized carbons (Fsp3) is 0.450. The molecule has 1 atom stereocenters. The van der Waals surface area contributed by atoms with Crippen molar-refractivity contribution >= 4 is 23.6 Å². The zero-order chi connectivity index (χ0) is 19.4. The van der Waals surface area contributed by atoms with Crippen molar-refractivity contribution in [2.75, 3.05) is 18.9 Å². The van der Waals surface area contributed by atoms with E-state index in [9.17, 15) is 9.59 Å². The minimum Gasteiger partial charge on any atom is -0.464 e. The quantitative estimate of drug-likeness (QED) is 0.538. The van der Waals surface area contributed by atoms with E-state index >= 15 is 0 Å². The van der Waals surface area contributed by atoms with E-state index in [-0.39, 0.29) is 23.8 Å². The summed E-state index contributed by atoms with van der Waals surface area (Å²) in [4.78, 5) is 26.2. The summed E-state index contributed by atoms with van der Waals surface area (Å²) in [6, 6.07) is 9.90. The largest absolute Gasteiger partial charge is 0.464 e. The average Bonchev–Trinajstić information content (AvgIpc) is 3.15. The number of rotatable bonds is 7. The number of ether oxygens (including phenoxy) is 1. The molecule has 0 radical (unpaired) electrons. The normalized spacial score (nSPS) is 16.8. The minimum absolute atomic E-state index is 0.0182. The second-order valence-electron chi connectivity index (χ2n) is 6.59. The maximum Gasteiger partial charge on any atom is 0.325 e. The van der Waals surface area contributed by atoms with E-state index < -0.39 is 0 Å². The van der Waals surface area contributed by atoms with Crippen molar-refractivity contribution in [2.45, 2.75) is 39.0 Å². The minimum atomic E-state index is -0.352. The van der Waals surface area contributed by atoms with E-state index in [2.05, 4.69) is 5.10 Å². The van der Waals surface area contributed by atoms with Crippen LogP contribution in [0.3, 0.4) is 0 Å². The molecule has 0 aliphatic carbocycles. The number of nitrogens with zero attached hydrogens (tertiary/aromatic N) is 3. The van der Waals surface area contributed by atoms with E-state index in [0.717, 1.165) is 35.5 Å². The molecule has 1 fully saturated rings. The van der Waals surface area contributed by atoms with Gasteiger partial charge in [-0.2, -0.15) is 5.10 Å². The third-order valence-electron chi connectivity index (χ3n) is 4.62. The maximum atomic E-state index is 12.4. The first kappa shape index (κ1) is 19.5. The van der Waals surface area contributed by atoms with E-state index in [1.54, 1.807) is 4.90 Å². The Morgan fingerprint density at radius 3 is 2.74 bits per heavy atom. The van der Waals surface area contributed by atoms with Gasteiger partial charge in [-0.1, -0.05) is 31.5 Å². The van der Waals surface area contributed by atoms with Crippen LogP contribution in [-0.4, -0.2) is 45.5 Å². The van der Waals surface area contributed by atoms with Crippen LogP contribution in [-0.2, 0) is 14.3 Å². The standard InChI is InChI=1S/C20H25N3O3S/c1-4-5-11-26-18(25)12-22-17(24)13-27-20(22)19-14(2)21-23(15(19)3)16-9-7-6-8-10-16/h6-10,20H,4-5,11-13H2,1-3H3. The van der Waals surface area contributed by atoms with Gasteiger partial charge in [0, 0.05) is 11.3 Å². The van der Waals surface area contributed by atoms with Crippen molar-refractivity contribution in [1.82, 2.24) is 14.7 Å². The summed E-state index contributed by atoms with van der Waals surface area (Å²) in [5.41, 5.74) is 3.82. The van der Waals surface area contributed by atoms with Gasteiger partial charge in [-0.3, -0.25) is 9.59 Å². The number of esters is 1. The molecule has 1 aromatic heterocycles. The van der Waals surface area contributed by atoms with Gasteiger partial charge in [0.15, 0.2) is 0 Å². The van der Waals surface area contributed by atoms with Gasteiger partial charge in [0.2, 0.25) is 5.91 Å². The Balaban J connectivity index is 1.83. The molecule has 1 amide bonds. The second kappa shape index (κ2) is 8.61. The van der Waals surface area contributed by atoms with Gasteiger partial charge in [-0.25, -0.2) is 4.68 Å². The predicted octanol–water partition coefficient (Wildman–Crippen LogP) is 3.41. The number of carbonyl (C=O) groups excluding carboxylic acids is 2. The second-order valence-corrected chi connectivity index (χ2v) is 7.66. The molecule has 6 nitrogen and oxygen atoms in total. The molecule has 1 unspecified atom stereocenters. The number of carbonyl (C=O) groups is 2. The summed E-state index contributed by atoms with van der Waals surface area (Å²) in [6.07, 6.45) is 1.80. The molecule has 1 aliphatic rings. The average molecular weight is 388 g/mol. The molecule has 144 valence electrons. The summed E-state index contributed by atoms with van der Waals surface area (Å²) in [6.45, 7) is 6.38. The Labute approximate surface area is 163 Å². The number of aromatic nitrogens is 2. The van der Waals surface area contributed by atoms with Crippen LogP contribution in [0.25, 0.3) is 5.69 Å². The first-order valence-corrected chi connectivity index (χ1v) is 10.3. The number of hydrogen-bond acceptors (Lipinski definition) is 5. The lowest BCUT2D eigenvalue weighted by molar-refractivity contribution is -0.148. The number of para-hydroxylation sites is 1. The monoisotopic (exact) mass is 387 g/mol. The van der Waals surface area contributed by atoms with Gasteiger partial charge < -0.3 is 9.64 Å². The summed E-state index contributed by atoms with van der Waals surface area (Å²) in [5, 5.41) is 4.46. The highest BCUT2D eigenvalue weighted by Gasteiger charge is 2.37. The lowest BCUT2D eigenvalue weighted by atomic mass is 10.1. The fourth-order valence-corrected chi connectivity index (χ4v) is 4.56. The molecule has 27 heavy (non-hydrogen) atoms. The molecule has 0 bridgehead atoms. The SMILES string of the molecule is CCCCOC(=O)CN1C(=O)CSC1c1c(C)nn(-c2ccccc2)c1C. The Hall–Kier alpha value is -2.28. The Bertz CT molecular complexity index is 819. The van der Waals surface area contributed by atoms with Crippen LogP contribution in [0.15, 0.2) is 30.3 Å². The molecule has 3 rings (SSSR count). The van der Waals surface area contributed by atoms with Crippen LogP contribution < -0.4 is 0 Å². The van der Waals surface area contributed by atoms with E-state index in [0.29, 0.717) is 12.4 Å². The maximum absolute atomic E-state index is 12.4. The van der Waals surface area contributed by atoms with Crippen LogP contribution in [0, 0.1) is 13.8 Å². The van der Waals surface area contributed by atoms with Gasteiger partial charge in [0.25, 0.3) is 0 Å². The van der Waals surface area contributed by atoms with E-state index in [4.69, 9.17) is 4.74 Å². The lowest BCUT2D eigenvalue weighted by Gasteiger charge is -2.23. The van der Waals surface area contributed by atoms with Crippen molar-refractivity contribution in [3.63, 3.8) is 0 Å². The van der Waals surface area contributed by atoms with E-state index in [1.165, 1.54) is 11.8 Å². The van der Waals surface area contributed by atoms with Crippen molar-refractivity contribution in [3.8, 4) is 5.69 Å². The molecule has 2 heterocycles. The van der Waals surface area contributed by atoms with Gasteiger partial charge >= 0.3 is 5.97 Å². The number of hydrogen-bond donors (Lipinski definition) is 0. The molecule has 1 aromatic carbocycles. The first-order valence-electron chi connectivity index (χ1n) is 9.21. The number of unbranched alkanes of at least 4 members (excludes halogenated alkanes) is 1. The molecular formula is C20H25N3O3S. The number of amides is 1. The van der Waals surface area contributed by atoms with Gasteiger partial charge in [0.1, 0.15) is 11.9 Å². The summed E-state index contributed by atoms with van der Waals surface area (Å²) in [5.74, 6) is -0.0266. The first-order chi connectivity index (χ1) is 13.0. The molecule has 1 aliphatic heterocycles. The molecule has 0 spiro atoms. The molecule has 0 N–H and O–H groups in total. The van der Waals surface area contributed by atoms with Crippen LogP contribution in [0.1, 0.15) is 42.1 Å². The highest BCUT2D eigenvalue weighted by molar-refractivity contribution is 8.00. The molecule has 0 saturated carbocycles. The number of benzene rings is 1. The Morgan fingerprint density at radius 1 is 1.30 bits per heavy atom. The topological polar surface area (TPSA) is 64.4 Å². The predicted molar refractivity (Wildman–Crippen MR) is 106 cm³/mol. The van der Waals surface area contributed by atoms with Crippen LogP contribution in [0.4, 0.5) is 0 Å². The molecule has 7 heteroatoms. The number of thioether (sulfide) groups is 1. The van der Waals surface area contributed by atoms with Crippen molar-refractivity contribution in [1.29, 1.82) is 0 Å². The van der Waals surface area contributed by atoms with Crippen LogP contribution in [0.5, 0.6) is 0 Å². The lowest BCUT2D eigenvalue weighted by Crippen LogP contribution is -2.34. The fourth-order valence-electron chi connectivity index (χ4n) is 3.21. The molecule has 1 saturated heterocycles. The van der Waals surface area contributed by atoms with Crippen LogP contribution >= 0.6 is 11.8 Å². The van der Waals surface area contributed by atoms with Crippen molar-refractivity contribution in [2.24, 2.45) is 0 Å². The zero-order valence-corrected chi connectivity index (χ0v) is 16.8. The smallest absolute Gasteiger partial charge is 0.325 e. The van der Waals surface area contributed by atoms with Crippen molar-refractivity contribution in [3.05, 3.63) is 47.3 Å². The summed E-state index contributed by atoms with van der Waals surface area (Å²) < 4.78 is 7.14. The molecular weight excluding hydrogens is 362 g/mol. The zero-order valence-electron chi connectivity index (χ0n) is 16.0. The van der Waals surface area contributed by atoms with Crippen molar-refractivity contribution < 1.29 is 14.3 Å².